The zero-order valence-corrected chi connectivity index (χ0v) is 13.7. The van der Waals surface area contributed by atoms with E-state index >= 15 is 0 Å². The summed E-state index contributed by atoms with van der Waals surface area (Å²) in [5.74, 6) is 1.56. The van der Waals surface area contributed by atoms with Gasteiger partial charge in [-0.25, -0.2) is 13.6 Å². The van der Waals surface area contributed by atoms with Crippen molar-refractivity contribution >= 4 is 15.7 Å². The van der Waals surface area contributed by atoms with E-state index in [-0.39, 0.29) is 4.90 Å². The van der Waals surface area contributed by atoms with E-state index in [1.165, 1.54) is 32.1 Å². The topological polar surface area (TPSA) is 72.2 Å². The molecule has 1 aliphatic rings. The molecule has 2 atom stereocenters. The largest absolute Gasteiger partial charge is 0.382 e. The SMILES string of the molecule is CC(C)CC1CCCC(Nc2ccc(S(N)(=O)=O)cc2)C1. The van der Waals surface area contributed by atoms with Gasteiger partial charge in [-0.1, -0.05) is 26.7 Å². The molecule has 5 heteroatoms. The molecule has 1 saturated carbocycles. The minimum Gasteiger partial charge on any atom is -0.382 e. The number of primary sulfonamides is 1. The average Bonchev–Trinajstić information content (AvgIpc) is 2.38. The lowest BCUT2D eigenvalue weighted by atomic mass is 9.81. The number of sulfonamides is 1. The van der Waals surface area contributed by atoms with Gasteiger partial charge in [-0.05, 0) is 55.4 Å². The lowest BCUT2D eigenvalue weighted by Gasteiger charge is -2.31. The van der Waals surface area contributed by atoms with E-state index in [4.69, 9.17) is 5.14 Å². The molecule has 0 radical (unpaired) electrons. The lowest BCUT2D eigenvalue weighted by Crippen LogP contribution is -2.28. The van der Waals surface area contributed by atoms with Crippen molar-refractivity contribution in [2.75, 3.05) is 5.32 Å². The summed E-state index contributed by atoms with van der Waals surface area (Å²) < 4.78 is 22.5. The number of anilines is 1. The Hall–Kier alpha value is -1.07. The molecule has 1 aromatic rings. The first kappa shape index (κ1) is 16.3. The zero-order valence-electron chi connectivity index (χ0n) is 12.9. The summed E-state index contributed by atoms with van der Waals surface area (Å²) in [4.78, 5) is 0.161. The van der Waals surface area contributed by atoms with Crippen LogP contribution in [0.25, 0.3) is 0 Å². The number of rotatable bonds is 5. The normalized spacial score (nSPS) is 23.2. The van der Waals surface area contributed by atoms with Crippen LogP contribution in [-0.2, 0) is 10.0 Å². The van der Waals surface area contributed by atoms with Crippen molar-refractivity contribution in [2.45, 2.75) is 56.9 Å². The van der Waals surface area contributed by atoms with Crippen LogP contribution in [0.5, 0.6) is 0 Å². The number of nitrogens with one attached hydrogen (secondary N) is 1. The van der Waals surface area contributed by atoms with Gasteiger partial charge in [0.2, 0.25) is 10.0 Å². The molecule has 0 heterocycles. The van der Waals surface area contributed by atoms with Crippen LogP contribution in [0.4, 0.5) is 5.69 Å². The second-order valence-electron chi connectivity index (χ2n) is 6.57. The minimum absolute atomic E-state index is 0.161. The highest BCUT2D eigenvalue weighted by molar-refractivity contribution is 7.89. The summed E-state index contributed by atoms with van der Waals surface area (Å²) in [6.07, 6.45) is 6.29. The summed E-state index contributed by atoms with van der Waals surface area (Å²) in [6, 6.07) is 7.21. The highest BCUT2D eigenvalue weighted by Gasteiger charge is 2.22. The number of nitrogens with two attached hydrogens (primary N) is 1. The predicted molar refractivity (Wildman–Crippen MR) is 86.6 cm³/mol. The molecule has 4 nitrogen and oxygen atoms in total. The summed E-state index contributed by atoms with van der Waals surface area (Å²) in [7, 11) is -3.60. The molecule has 3 N–H and O–H groups in total. The maximum Gasteiger partial charge on any atom is 0.238 e. The third kappa shape index (κ3) is 5.00. The van der Waals surface area contributed by atoms with Gasteiger partial charge in [-0.2, -0.15) is 0 Å². The first-order chi connectivity index (χ1) is 9.84. The van der Waals surface area contributed by atoms with E-state index < -0.39 is 10.0 Å². The second kappa shape index (κ2) is 6.79. The van der Waals surface area contributed by atoms with Gasteiger partial charge >= 0.3 is 0 Å². The fourth-order valence-electron chi connectivity index (χ4n) is 3.28. The highest BCUT2D eigenvalue weighted by Crippen LogP contribution is 2.31. The molecule has 118 valence electrons. The predicted octanol–water partition coefficient (Wildman–Crippen LogP) is 3.35. The van der Waals surface area contributed by atoms with Crippen molar-refractivity contribution in [2.24, 2.45) is 17.0 Å². The summed E-state index contributed by atoms with van der Waals surface area (Å²) in [5.41, 5.74) is 0.970. The summed E-state index contributed by atoms with van der Waals surface area (Å²) in [5, 5.41) is 8.63. The monoisotopic (exact) mass is 310 g/mol. The van der Waals surface area contributed by atoms with Crippen molar-refractivity contribution < 1.29 is 8.42 Å². The number of hydrogen-bond acceptors (Lipinski definition) is 3. The summed E-state index contributed by atoms with van der Waals surface area (Å²) in [6.45, 7) is 4.56. The van der Waals surface area contributed by atoms with Crippen LogP contribution in [0.1, 0.15) is 46.0 Å². The Labute approximate surface area is 128 Å². The van der Waals surface area contributed by atoms with Gasteiger partial charge in [0.15, 0.2) is 0 Å². The van der Waals surface area contributed by atoms with Crippen LogP contribution >= 0.6 is 0 Å². The van der Waals surface area contributed by atoms with E-state index in [9.17, 15) is 8.42 Å². The Kier molecular flexibility index (Phi) is 5.27. The molecule has 0 spiro atoms. The quantitative estimate of drug-likeness (QED) is 0.876. The van der Waals surface area contributed by atoms with Gasteiger partial charge in [-0.3, -0.25) is 0 Å². The van der Waals surface area contributed by atoms with E-state index in [1.54, 1.807) is 24.3 Å². The van der Waals surface area contributed by atoms with Gasteiger partial charge in [0.1, 0.15) is 0 Å². The molecule has 2 rings (SSSR count). The van der Waals surface area contributed by atoms with Crippen molar-refractivity contribution in [1.82, 2.24) is 0 Å². The van der Waals surface area contributed by atoms with Crippen molar-refractivity contribution in [3.8, 4) is 0 Å². The van der Waals surface area contributed by atoms with Gasteiger partial charge in [0.25, 0.3) is 0 Å². The smallest absolute Gasteiger partial charge is 0.238 e. The van der Waals surface area contributed by atoms with E-state index in [0.717, 1.165) is 17.5 Å². The van der Waals surface area contributed by atoms with E-state index in [1.807, 2.05) is 0 Å². The lowest BCUT2D eigenvalue weighted by molar-refractivity contribution is 0.289. The Morgan fingerprint density at radius 3 is 2.48 bits per heavy atom. The van der Waals surface area contributed by atoms with Crippen LogP contribution in [0.15, 0.2) is 29.2 Å². The Morgan fingerprint density at radius 1 is 1.24 bits per heavy atom. The maximum absolute atomic E-state index is 11.2. The molecule has 1 aliphatic carbocycles. The molecular weight excluding hydrogens is 284 g/mol. The van der Waals surface area contributed by atoms with Crippen molar-refractivity contribution in [3.05, 3.63) is 24.3 Å². The molecule has 0 saturated heterocycles. The molecule has 1 aromatic carbocycles. The summed E-state index contributed by atoms with van der Waals surface area (Å²) >= 11 is 0. The molecule has 2 unspecified atom stereocenters. The van der Waals surface area contributed by atoms with Gasteiger partial charge in [-0.15, -0.1) is 0 Å². The molecular formula is C16H26N2O2S. The van der Waals surface area contributed by atoms with Crippen LogP contribution in [0.2, 0.25) is 0 Å². The van der Waals surface area contributed by atoms with Crippen LogP contribution in [0, 0.1) is 11.8 Å². The molecule has 1 fully saturated rings. The third-order valence-electron chi connectivity index (χ3n) is 4.14. The molecule has 0 bridgehead atoms. The standard InChI is InChI=1S/C16H26N2O2S/c1-12(2)10-13-4-3-5-15(11-13)18-14-6-8-16(9-7-14)21(17,19)20/h6-9,12-13,15,18H,3-5,10-11H2,1-2H3,(H2,17,19,20). The molecule has 0 aromatic heterocycles. The number of hydrogen-bond donors (Lipinski definition) is 2. The Balaban J connectivity index is 1.95. The van der Waals surface area contributed by atoms with Gasteiger partial charge in [0, 0.05) is 11.7 Å². The first-order valence-corrected chi connectivity index (χ1v) is 9.28. The van der Waals surface area contributed by atoms with Crippen molar-refractivity contribution in [3.63, 3.8) is 0 Å². The van der Waals surface area contributed by atoms with Gasteiger partial charge in [0.05, 0.1) is 4.90 Å². The first-order valence-electron chi connectivity index (χ1n) is 7.74. The fraction of sp³-hybridized carbons (Fsp3) is 0.625. The average molecular weight is 310 g/mol. The zero-order chi connectivity index (χ0) is 15.5. The van der Waals surface area contributed by atoms with Crippen molar-refractivity contribution in [1.29, 1.82) is 0 Å². The Bertz CT molecular complexity index is 552. The second-order valence-corrected chi connectivity index (χ2v) is 8.13. The number of benzene rings is 1. The molecule has 21 heavy (non-hydrogen) atoms. The van der Waals surface area contributed by atoms with Gasteiger partial charge < -0.3 is 5.32 Å². The van der Waals surface area contributed by atoms with Crippen LogP contribution in [-0.4, -0.2) is 14.5 Å². The van der Waals surface area contributed by atoms with Crippen LogP contribution < -0.4 is 10.5 Å². The molecule has 0 amide bonds. The van der Waals surface area contributed by atoms with E-state index in [0.29, 0.717) is 6.04 Å². The highest BCUT2D eigenvalue weighted by atomic mass is 32.2. The van der Waals surface area contributed by atoms with E-state index in [2.05, 4.69) is 19.2 Å². The maximum atomic E-state index is 11.2. The Morgan fingerprint density at radius 2 is 1.90 bits per heavy atom. The van der Waals surface area contributed by atoms with Crippen LogP contribution in [0.3, 0.4) is 0 Å². The third-order valence-corrected chi connectivity index (χ3v) is 5.07. The molecule has 0 aliphatic heterocycles. The fourth-order valence-corrected chi connectivity index (χ4v) is 3.79. The minimum atomic E-state index is -3.60.